The van der Waals surface area contributed by atoms with Gasteiger partial charge in [-0.15, -0.1) is 12.4 Å². The van der Waals surface area contributed by atoms with Crippen LogP contribution in [0.5, 0.6) is 17.2 Å². The Morgan fingerprint density at radius 1 is 1.04 bits per heavy atom. The van der Waals surface area contributed by atoms with Crippen LogP contribution in [0.2, 0.25) is 0 Å². The molecule has 3 rings (SSSR count). The Hall–Kier alpha value is -2.44. The van der Waals surface area contributed by atoms with E-state index in [1.54, 1.807) is 26.4 Å². The maximum absolute atomic E-state index is 12.9. The van der Waals surface area contributed by atoms with Crippen LogP contribution in [-0.2, 0) is 6.61 Å². The number of carbonyl (C=O) groups excluding carboxylic acids is 1. The summed E-state index contributed by atoms with van der Waals surface area (Å²) in [6.45, 7) is 3.55. The Kier molecular flexibility index (Phi) is 8.42. The van der Waals surface area contributed by atoms with Crippen molar-refractivity contribution in [1.82, 2.24) is 10.2 Å². The number of halogens is 1. The smallest absolute Gasteiger partial charge is 0.254 e. The number of benzene rings is 2. The molecule has 152 valence electrons. The molecular weight excluding hydrogens is 380 g/mol. The van der Waals surface area contributed by atoms with Gasteiger partial charge in [0, 0.05) is 25.2 Å². The van der Waals surface area contributed by atoms with E-state index in [0.717, 1.165) is 31.6 Å². The predicted octanol–water partition coefficient (Wildman–Crippen LogP) is 3.14. The SMILES string of the molecule is COc1cc(C(=O)N2CCCNCC2)cc(OC)c1OCc1ccccc1.Cl. The van der Waals surface area contributed by atoms with Gasteiger partial charge in [0.05, 0.1) is 14.2 Å². The van der Waals surface area contributed by atoms with Crippen molar-refractivity contribution < 1.29 is 19.0 Å². The van der Waals surface area contributed by atoms with Gasteiger partial charge in [0.25, 0.3) is 5.91 Å². The van der Waals surface area contributed by atoms with Gasteiger partial charge in [0.15, 0.2) is 11.5 Å². The lowest BCUT2D eigenvalue weighted by atomic mass is 10.1. The monoisotopic (exact) mass is 406 g/mol. The van der Waals surface area contributed by atoms with Crippen molar-refractivity contribution in [2.45, 2.75) is 13.0 Å². The van der Waals surface area contributed by atoms with Gasteiger partial charge >= 0.3 is 0 Å². The summed E-state index contributed by atoms with van der Waals surface area (Å²) in [4.78, 5) is 14.8. The van der Waals surface area contributed by atoms with Gasteiger partial charge in [-0.2, -0.15) is 0 Å². The second-order valence-corrected chi connectivity index (χ2v) is 6.38. The van der Waals surface area contributed by atoms with Crippen LogP contribution in [0.15, 0.2) is 42.5 Å². The van der Waals surface area contributed by atoms with Crippen molar-refractivity contribution >= 4 is 18.3 Å². The fourth-order valence-electron chi connectivity index (χ4n) is 3.11. The third kappa shape index (κ3) is 5.30. The summed E-state index contributed by atoms with van der Waals surface area (Å²) in [5.41, 5.74) is 1.58. The zero-order valence-electron chi connectivity index (χ0n) is 16.3. The first kappa shape index (κ1) is 21.9. The van der Waals surface area contributed by atoms with E-state index >= 15 is 0 Å². The van der Waals surface area contributed by atoms with Gasteiger partial charge in [-0.25, -0.2) is 0 Å². The van der Waals surface area contributed by atoms with Gasteiger partial charge in [0.2, 0.25) is 5.75 Å². The van der Waals surface area contributed by atoms with Crippen molar-refractivity contribution in [2.24, 2.45) is 0 Å². The molecule has 0 saturated carbocycles. The Morgan fingerprint density at radius 3 is 2.36 bits per heavy atom. The number of hydrogen-bond acceptors (Lipinski definition) is 5. The first-order chi connectivity index (χ1) is 13.2. The lowest BCUT2D eigenvalue weighted by Gasteiger charge is -2.21. The molecule has 1 N–H and O–H groups in total. The number of methoxy groups -OCH3 is 2. The highest BCUT2D eigenvalue weighted by molar-refractivity contribution is 5.95. The second kappa shape index (κ2) is 10.8. The minimum absolute atomic E-state index is 0. The maximum atomic E-state index is 12.9. The Labute approximate surface area is 172 Å². The highest BCUT2D eigenvalue weighted by Gasteiger charge is 2.22. The Morgan fingerprint density at radius 2 is 1.71 bits per heavy atom. The van der Waals surface area contributed by atoms with Crippen LogP contribution in [0.3, 0.4) is 0 Å². The van der Waals surface area contributed by atoms with Gasteiger partial charge in [0.1, 0.15) is 6.61 Å². The van der Waals surface area contributed by atoms with Gasteiger partial charge in [-0.05, 0) is 30.7 Å². The molecule has 28 heavy (non-hydrogen) atoms. The molecule has 1 aliphatic heterocycles. The van der Waals surface area contributed by atoms with Crippen LogP contribution in [-0.4, -0.2) is 51.2 Å². The molecule has 2 aromatic carbocycles. The van der Waals surface area contributed by atoms with Crippen molar-refractivity contribution in [1.29, 1.82) is 0 Å². The molecule has 6 nitrogen and oxygen atoms in total. The van der Waals surface area contributed by atoms with Crippen LogP contribution in [0.4, 0.5) is 0 Å². The predicted molar refractivity (Wildman–Crippen MR) is 111 cm³/mol. The van der Waals surface area contributed by atoms with E-state index in [1.807, 2.05) is 35.2 Å². The summed E-state index contributed by atoms with van der Waals surface area (Å²) in [7, 11) is 3.13. The molecule has 1 heterocycles. The molecule has 0 bridgehead atoms. The van der Waals surface area contributed by atoms with E-state index in [0.29, 0.717) is 36.0 Å². The van der Waals surface area contributed by atoms with Gasteiger partial charge in [-0.3, -0.25) is 4.79 Å². The molecule has 0 atom stereocenters. The van der Waals surface area contributed by atoms with Crippen LogP contribution >= 0.6 is 12.4 Å². The lowest BCUT2D eigenvalue weighted by molar-refractivity contribution is 0.0765. The van der Waals surface area contributed by atoms with E-state index < -0.39 is 0 Å². The normalized spacial score (nSPS) is 13.9. The van der Waals surface area contributed by atoms with Crippen molar-refractivity contribution in [2.75, 3.05) is 40.4 Å². The molecule has 1 aliphatic rings. The topological polar surface area (TPSA) is 60.0 Å². The fraction of sp³-hybridized carbons (Fsp3) is 0.381. The standard InChI is InChI=1S/C21H26N2O4.ClH/c1-25-18-13-17(21(24)23-11-6-9-22-10-12-23)14-19(26-2)20(18)27-15-16-7-4-3-5-8-16;/h3-5,7-8,13-14,22H,6,9-12,15H2,1-2H3;1H. The summed E-state index contributed by atoms with van der Waals surface area (Å²) in [6.07, 6.45) is 0.943. The van der Waals surface area contributed by atoms with Crippen molar-refractivity contribution in [3.63, 3.8) is 0 Å². The number of hydrogen-bond donors (Lipinski definition) is 1. The molecule has 1 saturated heterocycles. The summed E-state index contributed by atoms with van der Waals surface area (Å²) in [5, 5.41) is 3.31. The molecule has 0 spiro atoms. The Bertz CT molecular complexity index is 737. The van der Waals surface area contributed by atoms with Crippen LogP contribution in [0.1, 0.15) is 22.3 Å². The Balaban J connectivity index is 0.00000280. The number of carbonyl (C=O) groups is 1. The molecule has 0 unspecified atom stereocenters. The van der Waals surface area contributed by atoms with E-state index in [4.69, 9.17) is 14.2 Å². The molecule has 0 aromatic heterocycles. The largest absolute Gasteiger partial charge is 0.493 e. The quantitative estimate of drug-likeness (QED) is 0.798. The number of rotatable bonds is 6. The van der Waals surface area contributed by atoms with Crippen LogP contribution < -0.4 is 19.5 Å². The zero-order valence-corrected chi connectivity index (χ0v) is 17.1. The third-order valence-corrected chi connectivity index (χ3v) is 4.56. The summed E-state index contributed by atoms with van der Waals surface area (Å²) < 4.78 is 16.9. The van der Waals surface area contributed by atoms with E-state index in [-0.39, 0.29) is 18.3 Å². The molecule has 0 aliphatic carbocycles. The van der Waals surface area contributed by atoms with Crippen LogP contribution in [0, 0.1) is 0 Å². The number of nitrogens with one attached hydrogen (secondary N) is 1. The first-order valence-corrected chi connectivity index (χ1v) is 9.15. The fourth-order valence-corrected chi connectivity index (χ4v) is 3.11. The number of ether oxygens (including phenoxy) is 3. The lowest BCUT2D eigenvalue weighted by Crippen LogP contribution is -2.34. The molecule has 7 heteroatoms. The second-order valence-electron chi connectivity index (χ2n) is 6.38. The van der Waals surface area contributed by atoms with E-state index in [2.05, 4.69) is 5.32 Å². The average Bonchev–Trinajstić information content (AvgIpc) is 3.01. The zero-order chi connectivity index (χ0) is 19.1. The highest BCUT2D eigenvalue weighted by Crippen LogP contribution is 2.39. The number of nitrogens with zero attached hydrogens (tertiary/aromatic N) is 1. The van der Waals surface area contributed by atoms with Crippen LogP contribution in [0.25, 0.3) is 0 Å². The summed E-state index contributed by atoms with van der Waals surface area (Å²) in [5.74, 6) is 1.45. The molecule has 0 radical (unpaired) electrons. The summed E-state index contributed by atoms with van der Waals surface area (Å²) >= 11 is 0. The first-order valence-electron chi connectivity index (χ1n) is 9.15. The molecule has 1 amide bonds. The van der Waals surface area contributed by atoms with Crippen molar-refractivity contribution in [3.05, 3.63) is 53.6 Å². The maximum Gasteiger partial charge on any atom is 0.254 e. The van der Waals surface area contributed by atoms with E-state index in [9.17, 15) is 4.79 Å². The van der Waals surface area contributed by atoms with Gasteiger partial charge < -0.3 is 24.4 Å². The van der Waals surface area contributed by atoms with E-state index in [1.165, 1.54) is 0 Å². The highest BCUT2D eigenvalue weighted by atomic mass is 35.5. The van der Waals surface area contributed by atoms with Gasteiger partial charge in [-0.1, -0.05) is 30.3 Å². The van der Waals surface area contributed by atoms with Crippen molar-refractivity contribution in [3.8, 4) is 17.2 Å². The molecular formula is C21H27ClN2O4. The minimum Gasteiger partial charge on any atom is -0.493 e. The molecule has 2 aromatic rings. The summed E-state index contributed by atoms with van der Waals surface area (Å²) in [6, 6.07) is 13.3. The number of amides is 1. The average molecular weight is 407 g/mol. The molecule has 1 fully saturated rings. The minimum atomic E-state index is -0.0232. The third-order valence-electron chi connectivity index (χ3n) is 4.56.